The first-order chi connectivity index (χ1) is 28.5. The van der Waals surface area contributed by atoms with Crippen LogP contribution < -0.4 is 27.0 Å². The maximum absolute atomic E-state index is 13.6. The summed E-state index contributed by atoms with van der Waals surface area (Å²) in [6.07, 6.45) is 0.623. The van der Waals surface area contributed by atoms with Gasteiger partial charge in [-0.2, -0.15) is 10.2 Å². The Bertz CT molecular complexity index is 2590. The number of unbranched alkanes of at least 4 members (excludes halogenated alkanes) is 1. The lowest BCUT2D eigenvalue weighted by molar-refractivity contribution is 0.0526. The van der Waals surface area contributed by atoms with E-state index in [4.69, 9.17) is 15.5 Å². The Labute approximate surface area is 346 Å². The van der Waals surface area contributed by atoms with Crippen molar-refractivity contribution in [3.8, 4) is 0 Å². The van der Waals surface area contributed by atoms with E-state index in [0.717, 1.165) is 0 Å². The molecule has 0 spiro atoms. The van der Waals surface area contributed by atoms with Gasteiger partial charge in [0.05, 0.1) is 33.5 Å². The van der Waals surface area contributed by atoms with Crippen LogP contribution in [0, 0.1) is 13.8 Å². The molecule has 0 saturated carbocycles. The molecule has 316 valence electrons. The summed E-state index contributed by atoms with van der Waals surface area (Å²) in [7, 11) is 0. The van der Waals surface area contributed by atoms with Gasteiger partial charge in [0, 0.05) is 50.4 Å². The second kappa shape index (κ2) is 17.8. The summed E-state index contributed by atoms with van der Waals surface area (Å²) in [4.78, 5) is 73.7. The number of nitrogens with one attached hydrogen (secondary N) is 4. The molecule has 4 heterocycles. The van der Waals surface area contributed by atoms with Crippen LogP contribution in [0.5, 0.6) is 0 Å². The molecule has 0 fully saturated rings. The molecule has 5 amide bonds. The Morgan fingerprint density at radius 3 is 1.60 bits per heavy atom. The number of hydrogen-bond acceptors (Lipinski definition) is 10. The van der Waals surface area contributed by atoms with E-state index in [9.17, 15) is 24.0 Å². The molecule has 0 atom stereocenters. The summed E-state index contributed by atoms with van der Waals surface area (Å²) in [5.74, 6) is -1.13. The van der Waals surface area contributed by atoms with Gasteiger partial charge in [-0.3, -0.25) is 39.2 Å². The number of ether oxygens (including phenoxy) is 1. The van der Waals surface area contributed by atoms with Crippen molar-refractivity contribution in [2.24, 2.45) is 5.73 Å². The van der Waals surface area contributed by atoms with E-state index < -0.39 is 17.6 Å². The zero-order valence-electron chi connectivity index (χ0n) is 34.9. The lowest BCUT2D eigenvalue weighted by atomic mass is 10.2. The minimum Gasteiger partial charge on any atom is -0.444 e. The van der Waals surface area contributed by atoms with Gasteiger partial charge in [-0.25, -0.2) is 14.8 Å². The van der Waals surface area contributed by atoms with E-state index in [2.05, 4.69) is 36.4 Å². The monoisotopic (exact) mass is 821 g/mol. The Morgan fingerprint density at radius 2 is 1.13 bits per heavy atom. The maximum Gasteiger partial charge on any atom is 0.407 e. The number of imidazole rings is 2. The Morgan fingerprint density at radius 1 is 0.667 bits per heavy atom. The fraction of sp³-hybridized carbons (Fsp3) is 0.390. The molecule has 6 rings (SSSR count). The number of aromatic nitrogens is 8. The third-order valence-corrected chi connectivity index (χ3v) is 9.45. The van der Waals surface area contributed by atoms with Gasteiger partial charge >= 0.3 is 6.09 Å². The summed E-state index contributed by atoms with van der Waals surface area (Å²) in [5, 5.41) is 20.1. The van der Waals surface area contributed by atoms with Gasteiger partial charge in [0.25, 0.3) is 17.7 Å². The van der Waals surface area contributed by atoms with Crippen molar-refractivity contribution in [3.63, 3.8) is 0 Å². The topological polar surface area (TPSA) is 240 Å². The normalized spacial score (nSPS) is 11.5. The summed E-state index contributed by atoms with van der Waals surface area (Å²) in [6.45, 7) is 14.9. The molecule has 0 bridgehead atoms. The van der Waals surface area contributed by atoms with Crippen molar-refractivity contribution in [2.45, 2.75) is 93.1 Å². The van der Waals surface area contributed by atoms with Crippen LogP contribution >= 0.6 is 0 Å². The number of nitrogens with zero attached hydrogens (tertiary/aromatic N) is 8. The number of carbonyl (C=O) groups is 5. The number of carbonyl (C=O) groups excluding carboxylic acids is 5. The zero-order valence-corrected chi connectivity index (χ0v) is 34.9. The lowest BCUT2D eigenvalue weighted by Gasteiger charge is -2.19. The molecule has 0 saturated heterocycles. The molecule has 6 N–H and O–H groups in total. The van der Waals surface area contributed by atoms with Crippen LogP contribution in [0.4, 0.5) is 16.7 Å². The number of rotatable bonds is 16. The third-order valence-electron chi connectivity index (χ3n) is 9.45. The third kappa shape index (κ3) is 9.79. The highest BCUT2D eigenvalue weighted by molar-refractivity contribution is 6.04. The van der Waals surface area contributed by atoms with Crippen molar-refractivity contribution in [3.05, 3.63) is 82.4 Å². The first-order valence-electron chi connectivity index (χ1n) is 19.8. The predicted molar refractivity (Wildman–Crippen MR) is 225 cm³/mol. The predicted octanol–water partition coefficient (Wildman–Crippen LogP) is 4.77. The molecule has 60 heavy (non-hydrogen) atoms. The van der Waals surface area contributed by atoms with Gasteiger partial charge < -0.3 is 30.2 Å². The second-order valence-electron chi connectivity index (χ2n) is 15.2. The van der Waals surface area contributed by atoms with E-state index in [-0.39, 0.29) is 30.8 Å². The molecule has 4 aromatic heterocycles. The summed E-state index contributed by atoms with van der Waals surface area (Å²) in [6, 6.07) is 13.5. The lowest BCUT2D eigenvalue weighted by Crippen LogP contribution is -2.37. The average molecular weight is 822 g/mol. The van der Waals surface area contributed by atoms with Gasteiger partial charge in [0.1, 0.15) is 17.0 Å². The van der Waals surface area contributed by atoms with Crippen molar-refractivity contribution in [1.82, 2.24) is 49.3 Å². The van der Waals surface area contributed by atoms with Gasteiger partial charge in [-0.1, -0.05) is 0 Å². The highest BCUT2D eigenvalue weighted by atomic mass is 16.6. The maximum atomic E-state index is 13.6. The quantitative estimate of drug-likeness (QED) is 0.0838. The van der Waals surface area contributed by atoms with Crippen molar-refractivity contribution in [2.75, 3.05) is 23.7 Å². The molecule has 19 nitrogen and oxygen atoms in total. The first-order valence-corrected chi connectivity index (χ1v) is 19.8. The summed E-state index contributed by atoms with van der Waals surface area (Å²) >= 11 is 0. The second-order valence-corrected chi connectivity index (χ2v) is 15.2. The summed E-state index contributed by atoms with van der Waals surface area (Å²) in [5.41, 5.74) is 10.1. The minimum absolute atomic E-state index is 0.170. The summed E-state index contributed by atoms with van der Waals surface area (Å²) < 4.78 is 12.3. The van der Waals surface area contributed by atoms with Crippen LogP contribution in [-0.2, 0) is 30.9 Å². The molecule has 0 aliphatic carbocycles. The molecular weight excluding hydrogens is 771 g/mol. The van der Waals surface area contributed by atoms with Crippen LogP contribution in [0.1, 0.15) is 101 Å². The fourth-order valence-electron chi connectivity index (χ4n) is 6.76. The molecule has 0 aliphatic rings. The Kier molecular flexibility index (Phi) is 12.7. The Hall–Kier alpha value is -7.05. The van der Waals surface area contributed by atoms with Gasteiger partial charge in [0.15, 0.2) is 0 Å². The average Bonchev–Trinajstić information content (AvgIpc) is 3.95. The molecule has 19 heteroatoms. The van der Waals surface area contributed by atoms with Crippen LogP contribution in [0.15, 0.2) is 48.5 Å². The standard InChI is InChI=1S/C41H51N13O6/c1-8-53-32(20-24(3)49-53)36(57)47-38-45-28-22-26(34(42)55)12-14-30(28)51(38)18-10-11-19-52-31-15-13-27(35(56)43-16-17-44-40(59)60-41(5,6)7)23-29(31)46-39(52)48-37(58)33-21-25(4)50-54(33)9-2/h12-15,20-23H,8-11,16-19H2,1-7H3,(H2,42,55)(H,43,56)(H,44,59)(H,45,47,57)(H,46,48,58). The van der Waals surface area contributed by atoms with E-state index in [1.54, 1.807) is 78.7 Å². The SMILES string of the molecule is CCn1nc(C)cc1C(=O)Nc1nc2cc(C(N)=O)ccc2n1CCCCn1c(NC(=O)c2cc(C)nn2CC)nc2cc(C(=O)NCCNC(=O)OC(C)(C)C)ccc21. The Balaban J connectivity index is 1.22. The smallest absolute Gasteiger partial charge is 0.407 e. The molecule has 2 aromatic carbocycles. The molecular formula is C41H51N13O6. The molecule has 0 radical (unpaired) electrons. The van der Waals surface area contributed by atoms with Crippen LogP contribution in [0.25, 0.3) is 22.1 Å². The number of hydrogen-bond donors (Lipinski definition) is 5. The van der Waals surface area contributed by atoms with E-state index in [1.807, 2.05) is 36.8 Å². The number of anilines is 2. The van der Waals surface area contributed by atoms with Crippen molar-refractivity contribution >= 4 is 63.7 Å². The van der Waals surface area contributed by atoms with Crippen LogP contribution in [-0.4, -0.2) is 87.1 Å². The fourth-order valence-corrected chi connectivity index (χ4v) is 6.76. The number of nitrogens with two attached hydrogens (primary N) is 1. The molecule has 6 aromatic rings. The van der Waals surface area contributed by atoms with Gasteiger partial charge in [-0.05, 0) is 110 Å². The largest absolute Gasteiger partial charge is 0.444 e. The number of primary amides is 1. The number of benzene rings is 2. The van der Waals surface area contributed by atoms with Crippen molar-refractivity contribution in [1.29, 1.82) is 0 Å². The van der Waals surface area contributed by atoms with Gasteiger partial charge in [-0.15, -0.1) is 0 Å². The van der Waals surface area contributed by atoms with E-state index in [1.165, 1.54) is 0 Å². The highest BCUT2D eigenvalue weighted by Crippen LogP contribution is 2.26. The highest BCUT2D eigenvalue weighted by Gasteiger charge is 2.22. The molecule has 0 unspecified atom stereocenters. The van der Waals surface area contributed by atoms with Gasteiger partial charge in [0.2, 0.25) is 17.8 Å². The zero-order chi connectivity index (χ0) is 43.3. The van der Waals surface area contributed by atoms with E-state index in [0.29, 0.717) is 107 Å². The first kappa shape index (κ1) is 42.6. The van der Waals surface area contributed by atoms with Crippen LogP contribution in [0.3, 0.4) is 0 Å². The van der Waals surface area contributed by atoms with Crippen molar-refractivity contribution < 1.29 is 28.7 Å². The number of aryl methyl sites for hydroxylation is 6. The minimum atomic E-state index is -0.642. The number of fused-ring (bicyclic) bond motifs is 2. The molecule has 0 aliphatic heterocycles. The van der Waals surface area contributed by atoms with E-state index >= 15 is 0 Å². The number of amides is 5. The number of alkyl carbamates (subject to hydrolysis) is 1. The van der Waals surface area contributed by atoms with Crippen LogP contribution in [0.2, 0.25) is 0 Å².